The molecule has 152 valence electrons. The van der Waals surface area contributed by atoms with Crippen LogP contribution in [0.5, 0.6) is 0 Å². The fourth-order valence-electron chi connectivity index (χ4n) is 2.82. The number of hydrogen-bond acceptors (Lipinski definition) is 2. The van der Waals surface area contributed by atoms with Gasteiger partial charge >= 0.3 is 12.4 Å². The predicted octanol–water partition coefficient (Wildman–Crippen LogP) is 4.83. The largest absolute Gasteiger partial charge is 0.416 e. The standard InChI is InChI=1S/C19H12F6N2O2/c1-27-15-5-3-2-4-13(15)14(9-16(27)28)17(29)26-12-7-10(18(20,21)22)6-11(8-12)19(23,24)25/h2-9H,1H3,(H,26,29). The van der Waals surface area contributed by atoms with Gasteiger partial charge in [0, 0.05) is 24.2 Å². The van der Waals surface area contributed by atoms with Crippen molar-refractivity contribution in [1.29, 1.82) is 0 Å². The van der Waals surface area contributed by atoms with E-state index in [1.165, 1.54) is 17.7 Å². The van der Waals surface area contributed by atoms with Gasteiger partial charge in [-0.25, -0.2) is 0 Å². The number of para-hydroxylation sites is 1. The summed E-state index contributed by atoms with van der Waals surface area (Å²) >= 11 is 0. The van der Waals surface area contributed by atoms with Crippen molar-refractivity contribution in [3.05, 3.63) is 75.6 Å². The molecule has 2 aromatic carbocycles. The maximum absolute atomic E-state index is 13.0. The normalized spacial score (nSPS) is 12.2. The molecule has 0 saturated heterocycles. The number of hydrogen-bond donors (Lipinski definition) is 1. The molecule has 0 fully saturated rings. The second kappa shape index (κ2) is 6.94. The minimum Gasteiger partial charge on any atom is -0.322 e. The number of rotatable bonds is 2. The highest BCUT2D eigenvalue weighted by Gasteiger charge is 2.37. The smallest absolute Gasteiger partial charge is 0.322 e. The fourth-order valence-corrected chi connectivity index (χ4v) is 2.82. The summed E-state index contributed by atoms with van der Waals surface area (Å²) in [5, 5.41) is 2.35. The predicted molar refractivity (Wildman–Crippen MR) is 93.6 cm³/mol. The lowest BCUT2D eigenvalue weighted by molar-refractivity contribution is -0.143. The number of benzene rings is 2. The topological polar surface area (TPSA) is 51.1 Å². The van der Waals surface area contributed by atoms with Crippen LogP contribution in [0.2, 0.25) is 0 Å². The first-order chi connectivity index (χ1) is 13.4. The Morgan fingerprint density at radius 2 is 1.45 bits per heavy atom. The Morgan fingerprint density at radius 1 is 0.897 bits per heavy atom. The van der Waals surface area contributed by atoms with Crippen LogP contribution in [0.25, 0.3) is 10.9 Å². The van der Waals surface area contributed by atoms with E-state index in [9.17, 15) is 35.9 Å². The molecule has 1 N–H and O–H groups in total. The van der Waals surface area contributed by atoms with Gasteiger partial charge in [0.15, 0.2) is 0 Å². The molecule has 0 bridgehead atoms. The van der Waals surface area contributed by atoms with Crippen molar-refractivity contribution in [3.63, 3.8) is 0 Å². The van der Waals surface area contributed by atoms with Crippen LogP contribution in [-0.4, -0.2) is 10.5 Å². The zero-order valence-electron chi connectivity index (χ0n) is 14.7. The highest BCUT2D eigenvalue weighted by atomic mass is 19.4. The molecule has 3 rings (SSSR count). The SMILES string of the molecule is Cn1c(=O)cc(C(=O)Nc2cc(C(F)(F)F)cc(C(F)(F)F)c2)c2ccccc21. The molecule has 0 aliphatic heterocycles. The quantitative estimate of drug-likeness (QED) is 0.611. The summed E-state index contributed by atoms with van der Waals surface area (Å²) in [6, 6.07) is 7.99. The molecule has 0 saturated carbocycles. The van der Waals surface area contributed by atoms with Crippen LogP contribution in [0, 0.1) is 0 Å². The zero-order chi connectivity index (χ0) is 21.6. The Balaban J connectivity index is 2.09. The molecule has 10 heteroatoms. The maximum atomic E-state index is 13.0. The molecular formula is C19H12F6N2O2. The van der Waals surface area contributed by atoms with E-state index in [4.69, 9.17) is 0 Å². The molecule has 0 aliphatic carbocycles. The summed E-state index contributed by atoms with van der Waals surface area (Å²) in [7, 11) is 1.47. The molecule has 1 aromatic heterocycles. The molecule has 1 amide bonds. The van der Waals surface area contributed by atoms with Crippen LogP contribution in [-0.2, 0) is 19.4 Å². The molecule has 0 aliphatic rings. The van der Waals surface area contributed by atoms with Crippen molar-refractivity contribution in [1.82, 2.24) is 4.57 Å². The summed E-state index contributed by atoms with van der Waals surface area (Å²) in [5.74, 6) is -1.01. The van der Waals surface area contributed by atoms with Gasteiger partial charge in [-0.3, -0.25) is 9.59 Å². The van der Waals surface area contributed by atoms with Gasteiger partial charge in [0.1, 0.15) is 0 Å². The summed E-state index contributed by atoms with van der Waals surface area (Å²) in [5.41, 5.74) is -4.16. The zero-order valence-corrected chi connectivity index (χ0v) is 14.7. The Bertz CT molecular complexity index is 1130. The van der Waals surface area contributed by atoms with E-state index < -0.39 is 40.6 Å². The van der Waals surface area contributed by atoms with Crippen molar-refractivity contribution in [2.24, 2.45) is 7.05 Å². The van der Waals surface area contributed by atoms with Crippen molar-refractivity contribution in [3.8, 4) is 0 Å². The molecule has 0 atom stereocenters. The lowest BCUT2D eigenvalue weighted by Crippen LogP contribution is -2.22. The molecule has 1 heterocycles. The number of carbonyl (C=O) groups excluding carboxylic acids is 1. The number of pyridine rings is 1. The van der Waals surface area contributed by atoms with Gasteiger partial charge in [0.2, 0.25) is 0 Å². The monoisotopic (exact) mass is 414 g/mol. The first-order valence-electron chi connectivity index (χ1n) is 8.07. The maximum Gasteiger partial charge on any atom is 0.416 e. The number of aromatic nitrogens is 1. The molecule has 4 nitrogen and oxygen atoms in total. The molecule has 0 radical (unpaired) electrons. The van der Waals surface area contributed by atoms with E-state index in [1.54, 1.807) is 18.2 Å². The van der Waals surface area contributed by atoms with Crippen LogP contribution in [0.4, 0.5) is 32.0 Å². The molecule has 0 unspecified atom stereocenters. The van der Waals surface area contributed by atoms with E-state index in [2.05, 4.69) is 0 Å². The number of fused-ring (bicyclic) bond motifs is 1. The number of nitrogens with zero attached hydrogens (tertiary/aromatic N) is 1. The highest BCUT2D eigenvalue weighted by Crippen LogP contribution is 2.37. The van der Waals surface area contributed by atoms with E-state index in [0.29, 0.717) is 23.0 Å². The van der Waals surface area contributed by atoms with Gasteiger partial charge in [-0.2, -0.15) is 26.3 Å². The lowest BCUT2D eigenvalue weighted by Gasteiger charge is -2.15. The molecule has 0 spiro atoms. The van der Waals surface area contributed by atoms with Crippen molar-refractivity contribution in [2.75, 3.05) is 5.32 Å². The minimum absolute atomic E-state index is 0.0384. The average molecular weight is 414 g/mol. The fraction of sp³-hybridized carbons (Fsp3) is 0.158. The van der Waals surface area contributed by atoms with Gasteiger partial charge in [-0.05, 0) is 24.3 Å². The van der Waals surface area contributed by atoms with E-state index in [-0.39, 0.29) is 11.6 Å². The van der Waals surface area contributed by atoms with Gasteiger partial charge in [0.25, 0.3) is 11.5 Å². The molecule has 29 heavy (non-hydrogen) atoms. The van der Waals surface area contributed by atoms with E-state index >= 15 is 0 Å². The van der Waals surface area contributed by atoms with Crippen molar-refractivity contribution in [2.45, 2.75) is 12.4 Å². The van der Waals surface area contributed by atoms with E-state index in [0.717, 1.165) is 6.07 Å². The van der Waals surface area contributed by atoms with Gasteiger partial charge in [-0.15, -0.1) is 0 Å². The highest BCUT2D eigenvalue weighted by molar-refractivity contribution is 6.12. The Hall–Kier alpha value is -3.30. The van der Waals surface area contributed by atoms with Gasteiger partial charge < -0.3 is 9.88 Å². The first kappa shape index (κ1) is 20.4. The van der Waals surface area contributed by atoms with Gasteiger partial charge in [0.05, 0.1) is 22.2 Å². The lowest BCUT2D eigenvalue weighted by atomic mass is 10.1. The third-order valence-corrected chi connectivity index (χ3v) is 4.24. The number of aryl methyl sites for hydroxylation is 1. The second-order valence-electron chi connectivity index (χ2n) is 6.22. The first-order valence-corrected chi connectivity index (χ1v) is 8.07. The number of amides is 1. The summed E-state index contributed by atoms with van der Waals surface area (Å²) in [6.45, 7) is 0. The third kappa shape index (κ3) is 4.10. The molecular weight excluding hydrogens is 402 g/mol. The average Bonchev–Trinajstić information content (AvgIpc) is 2.63. The number of carbonyl (C=O) groups is 1. The summed E-state index contributed by atoms with van der Waals surface area (Å²) in [4.78, 5) is 24.7. The van der Waals surface area contributed by atoms with Crippen LogP contribution < -0.4 is 10.9 Å². The number of alkyl halides is 6. The second-order valence-corrected chi connectivity index (χ2v) is 6.22. The third-order valence-electron chi connectivity index (χ3n) is 4.24. The molecule has 3 aromatic rings. The van der Waals surface area contributed by atoms with Crippen LogP contribution in [0.1, 0.15) is 21.5 Å². The van der Waals surface area contributed by atoms with Crippen LogP contribution in [0.3, 0.4) is 0 Å². The Morgan fingerprint density at radius 3 is 2.00 bits per heavy atom. The number of anilines is 1. The van der Waals surface area contributed by atoms with Crippen molar-refractivity contribution < 1.29 is 31.1 Å². The van der Waals surface area contributed by atoms with Crippen molar-refractivity contribution >= 4 is 22.5 Å². The number of nitrogens with one attached hydrogen (secondary N) is 1. The number of halogens is 6. The Kier molecular flexibility index (Phi) is 4.89. The summed E-state index contributed by atoms with van der Waals surface area (Å²) < 4.78 is 79.1. The van der Waals surface area contributed by atoms with Crippen LogP contribution >= 0.6 is 0 Å². The van der Waals surface area contributed by atoms with Gasteiger partial charge in [-0.1, -0.05) is 18.2 Å². The minimum atomic E-state index is -5.05. The van der Waals surface area contributed by atoms with E-state index in [1.807, 2.05) is 5.32 Å². The summed E-state index contributed by atoms with van der Waals surface area (Å²) in [6.07, 6.45) is -10.1. The van der Waals surface area contributed by atoms with Crippen LogP contribution in [0.15, 0.2) is 53.3 Å². The Labute approximate surface area is 159 Å².